The first-order valence-electron chi connectivity index (χ1n) is 8.04. The molecule has 8 heteroatoms. The minimum atomic E-state index is -0.507. The van der Waals surface area contributed by atoms with Gasteiger partial charge in [0.15, 0.2) is 0 Å². The van der Waals surface area contributed by atoms with Gasteiger partial charge in [-0.3, -0.25) is 14.7 Å². The Morgan fingerprint density at radius 1 is 1.19 bits per heavy atom. The summed E-state index contributed by atoms with van der Waals surface area (Å²) in [5, 5.41) is 29.6. The summed E-state index contributed by atoms with van der Waals surface area (Å²) in [7, 11) is 0. The zero-order valence-electron chi connectivity index (χ0n) is 13.6. The third-order valence-electron chi connectivity index (χ3n) is 4.11. The number of non-ortho nitro benzene ring substituents is 1. The van der Waals surface area contributed by atoms with Crippen molar-refractivity contribution in [3.05, 3.63) is 70.0 Å². The summed E-state index contributed by atoms with van der Waals surface area (Å²) >= 11 is 1.29. The third kappa shape index (κ3) is 3.05. The molecule has 1 aromatic heterocycles. The lowest BCUT2D eigenvalue weighted by molar-refractivity contribution is -0.384. The Kier molecular flexibility index (Phi) is 4.14. The molecule has 1 heterocycles. The topological polar surface area (TPSA) is 97.6 Å². The van der Waals surface area contributed by atoms with Crippen LogP contribution in [0.5, 0.6) is 0 Å². The molecule has 0 aliphatic heterocycles. The zero-order chi connectivity index (χ0) is 18.1. The van der Waals surface area contributed by atoms with Gasteiger partial charge in [-0.05, 0) is 42.8 Å². The van der Waals surface area contributed by atoms with Gasteiger partial charge in [-0.15, -0.1) is 10.2 Å². The van der Waals surface area contributed by atoms with Gasteiger partial charge < -0.3 is 0 Å². The lowest BCUT2D eigenvalue weighted by atomic mass is 10.2. The monoisotopic (exact) mass is 363 g/mol. The van der Waals surface area contributed by atoms with E-state index in [1.54, 1.807) is 6.07 Å². The average Bonchev–Trinajstić information content (AvgIpc) is 3.43. The largest absolute Gasteiger partial charge is 0.274 e. The van der Waals surface area contributed by atoms with E-state index in [0.29, 0.717) is 16.0 Å². The van der Waals surface area contributed by atoms with E-state index < -0.39 is 4.92 Å². The Morgan fingerprint density at radius 2 is 1.96 bits per heavy atom. The summed E-state index contributed by atoms with van der Waals surface area (Å²) in [5.41, 5.74) is 1.11. The van der Waals surface area contributed by atoms with E-state index in [0.717, 1.165) is 24.4 Å². The van der Waals surface area contributed by atoms with Crippen LogP contribution in [0.3, 0.4) is 0 Å². The molecule has 128 valence electrons. The number of nitrogens with zero attached hydrogens (tertiary/aromatic N) is 5. The number of nitro groups is 1. The van der Waals surface area contributed by atoms with E-state index in [9.17, 15) is 15.4 Å². The zero-order valence-corrected chi connectivity index (χ0v) is 14.4. The normalized spacial score (nSPS) is 13.3. The molecular formula is C18H13N5O2S. The summed E-state index contributed by atoms with van der Waals surface area (Å²) in [6.45, 7) is 0. The van der Waals surface area contributed by atoms with Crippen LogP contribution in [-0.2, 0) is 0 Å². The lowest BCUT2D eigenvalue weighted by Gasteiger charge is -2.10. The summed E-state index contributed by atoms with van der Waals surface area (Å²) in [6.07, 6.45) is 2.19. The van der Waals surface area contributed by atoms with Gasteiger partial charge in [0.1, 0.15) is 11.9 Å². The highest BCUT2D eigenvalue weighted by Gasteiger charge is 2.31. The molecular weight excluding hydrogens is 350 g/mol. The Hall–Kier alpha value is -3.18. The molecule has 0 radical (unpaired) electrons. The van der Waals surface area contributed by atoms with Gasteiger partial charge in [-0.25, -0.2) is 0 Å². The number of nitriles is 1. The molecule has 0 N–H and O–H groups in total. The fraction of sp³-hybridized carbons (Fsp3) is 0.167. The van der Waals surface area contributed by atoms with Crippen molar-refractivity contribution in [1.29, 1.82) is 5.26 Å². The van der Waals surface area contributed by atoms with Crippen LogP contribution in [0.1, 0.15) is 30.1 Å². The quantitative estimate of drug-likeness (QED) is 0.500. The number of para-hydroxylation sites is 1. The molecule has 7 nitrogen and oxygen atoms in total. The Bertz CT molecular complexity index is 1020. The Labute approximate surface area is 153 Å². The molecule has 0 unspecified atom stereocenters. The average molecular weight is 363 g/mol. The van der Waals surface area contributed by atoms with Crippen molar-refractivity contribution in [3.8, 4) is 11.8 Å². The summed E-state index contributed by atoms with van der Waals surface area (Å²) in [6, 6.07) is 16.1. The SMILES string of the molecule is N#Cc1cc([N+](=O)[O-])ccc1Sc1nnc(C2CC2)n1-c1ccccc1. The second kappa shape index (κ2) is 6.61. The molecule has 1 saturated carbocycles. The minimum Gasteiger partial charge on any atom is -0.274 e. The first-order valence-corrected chi connectivity index (χ1v) is 8.86. The highest BCUT2D eigenvalue weighted by Crippen LogP contribution is 2.42. The van der Waals surface area contributed by atoms with Crippen LogP contribution in [0, 0.1) is 21.4 Å². The van der Waals surface area contributed by atoms with E-state index in [1.165, 1.54) is 23.9 Å². The lowest BCUT2D eigenvalue weighted by Crippen LogP contribution is -2.01. The Balaban J connectivity index is 1.76. The van der Waals surface area contributed by atoms with E-state index in [-0.39, 0.29) is 11.3 Å². The highest BCUT2D eigenvalue weighted by atomic mass is 32.2. The first kappa shape index (κ1) is 16.3. The predicted molar refractivity (Wildman–Crippen MR) is 95.3 cm³/mol. The summed E-state index contributed by atoms with van der Waals surface area (Å²) < 4.78 is 2.00. The predicted octanol–water partition coefficient (Wildman–Crippen LogP) is 4.08. The fourth-order valence-electron chi connectivity index (χ4n) is 2.68. The van der Waals surface area contributed by atoms with Gasteiger partial charge in [0.05, 0.1) is 10.5 Å². The number of hydrogen-bond acceptors (Lipinski definition) is 6. The van der Waals surface area contributed by atoms with Crippen molar-refractivity contribution >= 4 is 17.4 Å². The van der Waals surface area contributed by atoms with Gasteiger partial charge in [0.25, 0.3) is 5.69 Å². The van der Waals surface area contributed by atoms with Crippen molar-refractivity contribution in [2.24, 2.45) is 0 Å². The molecule has 0 atom stereocenters. The van der Waals surface area contributed by atoms with Crippen LogP contribution >= 0.6 is 11.8 Å². The number of aromatic nitrogens is 3. The smallest absolute Gasteiger partial charge is 0.270 e. The number of rotatable bonds is 5. The number of nitro benzene ring substituents is 1. The molecule has 1 aliphatic rings. The van der Waals surface area contributed by atoms with Crippen molar-refractivity contribution in [3.63, 3.8) is 0 Å². The van der Waals surface area contributed by atoms with E-state index in [2.05, 4.69) is 10.2 Å². The van der Waals surface area contributed by atoms with Gasteiger partial charge in [0, 0.05) is 28.6 Å². The molecule has 26 heavy (non-hydrogen) atoms. The van der Waals surface area contributed by atoms with Crippen LogP contribution in [0.4, 0.5) is 5.69 Å². The van der Waals surface area contributed by atoms with Crippen LogP contribution in [0.25, 0.3) is 5.69 Å². The second-order valence-corrected chi connectivity index (χ2v) is 6.95. The molecule has 0 spiro atoms. The molecule has 0 bridgehead atoms. The van der Waals surface area contributed by atoms with Gasteiger partial charge in [-0.1, -0.05) is 18.2 Å². The van der Waals surface area contributed by atoms with Crippen LogP contribution in [0.2, 0.25) is 0 Å². The molecule has 1 aliphatic carbocycles. The maximum atomic E-state index is 10.9. The van der Waals surface area contributed by atoms with Crippen molar-refractivity contribution < 1.29 is 4.92 Å². The van der Waals surface area contributed by atoms with E-state index in [1.807, 2.05) is 41.0 Å². The molecule has 0 saturated heterocycles. The van der Waals surface area contributed by atoms with Crippen molar-refractivity contribution in [2.75, 3.05) is 0 Å². The standard InChI is InChI=1S/C18H13N5O2S/c19-11-13-10-15(23(24)25)8-9-16(13)26-18-21-20-17(12-6-7-12)22(18)14-4-2-1-3-5-14/h1-5,8-10,12H,6-7H2. The van der Waals surface area contributed by atoms with Crippen LogP contribution in [-0.4, -0.2) is 19.7 Å². The van der Waals surface area contributed by atoms with E-state index >= 15 is 0 Å². The van der Waals surface area contributed by atoms with Crippen molar-refractivity contribution in [2.45, 2.75) is 28.8 Å². The number of hydrogen-bond donors (Lipinski definition) is 0. The van der Waals surface area contributed by atoms with Crippen LogP contribution < -0.4 is 0 Å². The second-order valence-electron chi connectivity index (χ2n) is 5.94. The van der Waals surface area contributed by atoms with Crippen molar-refractivity contribution in [1.82, 2.24) is 14.8 Å². The maximum absolute atomic E-state index is 10.9. The summed E-state index contributed by atoms with van der Waals surface area (Å²) in [4.78, 5) is 11.0. The first-order chi connectivity index (χ1) is 12.7. The Morgan fingerprint density at radius 3 is 2.62 bits per heavy atom. The third-order valence-corrected chi connectivity index (χ3v) is 5.13. The number of benzene rings is 2. The molecule has 2 aromatic carbocycles. The van der Waals surface area contributed by atoms with E-state index in [4.69, 9.17) is 0 Å². The minimum absolute atomic E-state index is 0.103. The molecule has 4 rings (SSSR count). The fourth-order valence-corrected chi connectivity index (χ4v) is 3.60. The maximum Gasteiger partial charge on any atom is 0.270 e. The molecule has 3 aromatic rings. The highest BCUT2D eigenvalue weighted by molar-refractivity contribution is 7.99. The van der Waals surface area contributed by atoms with Gasteiger partial charge in [-0.2, -0.15) is 5.26 Å². The summed E-state index contributed by atoms with van der Waals surface area (Å²) in [5.74, 6) is 1.32. The molecule has 1 fully saturated rings. The van der Waals surface area contributed by atoms with Gasteiger partial charge >= 0.3 is 0 Å². The van der Waals surface area contributed by atoms with Crippen LogP contribution in [0.15, 0.2) is 58.6 Å². The molecule has 0 amide bonds. The van der Waals surface area contributed by atoms with Gasteiger partial charge in [0.2, 0.25) is 5.16 Å².